The van der Waals surface area contributed by atoms with E-state index in [0.29, 0.717) is 18.9 Å². The quantitative estimate of drug-likeness (QED) is 0.877. The summed E-state index contributed by atoms with van der Waals surface area (Å²) >= 11 is 1.66. The minimum absolute atomic E-state index is 0.000434. The molecule has 0 bridgehead atoms. The molecule has 1 aliphatic heterocycles. The molecule has 2 unspecified atom stereocenters. The minimum Gasteiger partial charge on any atom is -0.343 e. The molecule has 1 aliphatic rings. The summed E-state index contributed by atoms with van der Waals surface area (Å²) in [5.41, 5.74) is 1.23. The van der Waals surface area contributed by atoms with E-state index in [9.17, 15) is 9.59 Å². The maximum atomic E-state index is 12.6. The van der Waals surface area contributed by atoms with E-state index in [0.717, 1.165) is 12.8 Å². The number of nitrogens with zero attached hydrogens (tertiary/aromatic N) is 1. The highest BCUT2D eigenvalue weighted by molar-refractivity contribution is 7.07. The average Bonchev–Trinajstić information content (AvgIpc) is 2.94. The van der Waals surface area contributed by atoms with Crippen LogP contribution in [0.3, 0.4) is 0 Å². The van der Waals surface area contributed by atoms with Gasteiger partial charge in [0.1, 0.15) is 12.1 Å². The fourth-order valence-corrected chi connectivity index (χ4v) is 3.44. The van der Waals surface area contributed by atoms with Gasteiger partial charge < -0.3 is 10.2 Å². The van der Waals surface area contributed by atoms with Crippen molar-refractivity contribution in [3.05, 3.63) is 22.4 Å². The van der Waals surface area contributed by atoms with Crippen molar-refractivity contribution in [1.82, 2.24) is 10.2 Å². The molecule has 1 aromatic heterocycles. The van der Waals surface area contributed by atoms with Crippen molar-refractivity contribution in [3.8, 4) is 0 Å². The second kappa shape index (κ2) is 7.07. The maximum absolute atomic E-state index is 12.6. The van der Waals surface area contributed by atoms with Crippen molar-refractivity contribution in [2.24, 2.45) is 5.92 Å². The zero-order valence-corrected chi connectivity index (χ0v) is 13.8. The Labute approximate surface area is 130 Å². The van der Waals surface area contributed by atoms with E-state index in [1.54, 1.807) is 16.2 Å². The third-order valence-corrected chi connectivity index (χ3v) is 4.63. The van der Waals surface area contributed by atoms with E-state index >= 15 is 0 Å². The topological polar surface area (TPSA) is 49.4 Å². The van der Waals surface area contributed by atoms with Gasteiger partial charge in [-0.3, -0.25) is 9.59 Å². The van der Waals surface area contributed by atoms with Gasteiger partial charge in [-0.15, -0.1) is 0 Å². The lowest BCUT2D eigenvalue weighted by molar-refractivity contribution is -0.150. The molecule has 0 radical (unpaired) electrons. The predicted molar refractivity (Wildman–Crippen MR) is 85.2 cm³/mol. The Kier molecular flexibility index (Phi) is 5.39. The molecule has 1 N–H and O–H groups in total. The van der Waals surface area contributed by atoms with Crippen LogP contribution < -0.4 is 5.32 Å². The fourth-order valence-electron chi connectivity index (χ4n) is 2.73. The lowest BCUT2D eigenvalue weighted by Gasteiger charge is -2.39. The molecule has 0 aromatic carbocycles. The normalized spacial score (nSPS) is 22.8. The van der Waals surface area contributed by atoms with Crippen molar-refractivity contribution < 1.29 is 9.59 Å². The Bertz CT molecular complexity index is 484. The summed E-state index contributed by atoms with van der Waals surface area (Å²) in [5, 5.41) is 7.01. The molecule has 4 nitrogen and oxygen atoms in total. The molecule has 0 aliphatic carbocycles. The van der Waals surface area contributed by atoms with Crippen LogP contribution in [-0.2, 0) is 16.0 Å². The number of amides is 2. The highest BCUT2D eigenvalue weighted by Crippen LogP contribution is 2.19. The number of nitrogens with one attached hydrogen (secondary N) is 1. The van der Waals surface area contributed by atoms with E-state index in [2.05, 4.69) is 30.6 Å². The smallest absolute Gasteiger partial charge is 0.245 e. The van der Waals surface area contributed by atoms with Gasteiger partial charge >= 0.3 is 0 Å². The SMILES string of the molecule is CCC1NC(=O)C(CC(C)C)N(CCc2ccsc2)C1=O. The maximum Gasteiger partial charge on any atom is 0.245 e. The zero-order valence-electron chi connectivity index (χ0n) is 13.0. The number of piperazine rings is 1. The Morgan fingerprint density at radius 1 is 1.38 bits per heavy atom. The van der Waals surface area contributed by atoms with Crippen molar-refractivity contribution >= 4 is 23.2 Å². The number of carbonyl (C=O) groups excluding carboxylic acids is 2. The standard InChI is InChI=1S/C16H24N2O2S/c1-4-13-16(20)18(7-5-12-6-8-21-10-12)14(9-11(2)3)15(19)17-13/h6,8,10-11,13-14H,4-5,7,9H2,1-3H3,(H,17,19). The summed E-state index contributed by atoms with van der Waals surface area (Å²) in [5.74, 6) is 0.453. The largest absolute Gasteiger partial charge is 0.343 e. The number of thiophene rings is 1. The van der Waals surface area contributed by atoms with Crippen LogP contribution in [0, 0.1) is 5.92 Å². The van der Waals surface area contributed by atoms with Crippen LogP contribution >= 0.6 is 11.3 Å². The third-order valence-electron chi connectivity index (χ3n) is 3.90. The first-order chi connectivity index (χ1) is 10.0. The van der Waals surface area contributed by atoms with Gasteiger partial charge in [0.05, 0.1) is 0 Å². The molecule has 0 saturated carbocycles. The van der Waals surface area contributed by atoms with Crippen molar-refractivity contribution in [2.75, 3.05) is 6.54 Å². The van der Waals surface area contributed by atoms with Gasteiger partial charge in [0.25, 0.3) is 0 Å². The first kappa shape index (κ1) is 16.0. The fraction of sp³-hybridized carbons (Fsp3) is 0.625. The van der Waals surface area contributed by atoms with E-state index in [1.165, 1.54) is 5.56 Å². The highest BCUT2D eigenvalue weighted by Gasteiger charge is 2.39. The first-order valence-corrected chi connectivity index (χ1v) is 8.59. The third kappa shape index (κ3) is 3.84. The van der Waals surface area contributed by atoms with Gasteiger partial charge in [0, 0.05) is 6.54 Å². The second-order valence-corrected chi connectivity index (χ2v) is 6.81. The van der Waals surface area contributed by atoms with Gasteiger partial charge in [-0.1, -0.05) is 20.8 Å². The molecule has 1 saturated heterocycles. The van der Waals surface area contributed by atoms with Crippen LogP contribution in [-0.4, -0.2) is 35.3 Å². The van der Waals surface area contributed by atoms with E-state index < -0.39 is 0 Å². The molecule has 2 heterocycles. The summed E-state index contributed by atoms with van der Waals surface area (Å²) in [4.78, 5) is 26.7. The highest BCUT2D eigenvalue weighted by atomic mass is 32.1. The predicted octanol–water partition coefficient (Wildman–Crippen LogP) is 2.44. The summed E-state index contributed by atoms with van der Waals surface area (Å²) < 4.78 is 0. The molecule has 1 aromatic rings. The van der Waals surface area contributed by atoms with Crippen LogP contribution in [0.15, 0.2) is 16.8 Å². The second-order valence-electron chi connectivity index (χ2n) is 6.03. The number of hydrogen-bond donors (Lipinski definition) is 1. The van der Waals surface area contributed by atoms with Gasteiger partial charge in [-0.2, -0.15) is 11.3 Å². The summed E-state index contributed by atoms with van der Waals surface area (Å²) in [6.45, 7) is 6.72. The molecule has 21 heavy (non-hydrogen) atoms. The van der Waals surface area contributed by atoms with Crippen molar-refractivity contribution in [1.29, 1.82) is 0 Å². The van der Waals surface area contributed by atoms with Gasteiger partial charge in [0.15, 0.2) is 0 Å². The van der Waals surface area contributed by atoms with Crippen LogP contribution in [0.25, 0.3) is 0 Å². The monoisotopic (exact) mass is 308 g/mol. The number of hydrogen-bond acceptors (Lipinski definition) is 3. The van der Waals surface area contributed by atoms with E-state index in [1.807, 2.05) is 12.3 Å². The van der Waals surface area contributed by atoms with Crippen LogP contribution in [0.5, 0.6) is 0 Å². The molecular weight excluding hydrogens is 284 g/mol. The molecule has 2 amide bonds. The molecule has 1 fully saturated rings. The van der Waals surface area contributed by atoms with E-state index in [4.69, 9.17) is 0 Å². The zero-order chi connectivity index (χ0) is 15.4. The van der Waals surface area contributed by atoms with Gasteiger partial charge in [0.2, 0.25) is 11.8 Å². The first-order valence-electron chi connectivity index (χ1n) is 7.64. The molecular formula is C16H24N2O2S. The lowest BCUT2D eigenvalue weighted by Crippen LogP contribution is -2.63. The van der Waals surface area contributed by atoms with Gasteiger partial charge in [-0.25, -0.2) is 0 Å². The van der Waals surface area contributed by atoms with Crippen LogP contribution in [0.2, 0.25) is 0 Å². The summed E-state index contributed by atoms with van der Waals surface area (Å²) in [7, 11) is 0. The number of rotatable bonds is 6. The average molecular weight is 308 g/mol. The summed E-state index contributed by atoms with van der Waals surface area (Å²) in [6, 6.07) is 1.40. The Balaban J connectivity index is 2.12. The van der Waals surface area contributed by atoms with E-state index in [-0.39, 0.29) is 23.9 Å². The Hall–Kier alpha value is -1.36. The van der Waals surface area contributed by atoms with Gasteiger partial charge in [-0.05, 0) is 47.6 Å². The summed E-state index contributed by atoms with van der Waals surface area (Å²) in [6.07, 6.45) is 2.18. The Morgan fingerprint density at radius 2 is 2.14 bits per heavy atom. The number of carbonyl (C=O) groups is 2. The molecule has 5 heteroatoms. The van der Waals surface area contributed by atoms with Crippen molar-refractivity contribution in [2.45, 2.75) is 52.1 Å². The molecule has 116 valence electrons. The van der Waals surface area contributed by atoms with Crippen LogP contribution in [0.4, 0.5) is 0 Å². The molecule has 2 rings (SSSR count). The molecule has 2 atom stereocenters. The Morgan fingerprint density at radius 3 is 2.71 bits per heavy atom. The minimum atomic E-state index is -0.358. The van der Waals surface area contributed by atoms with Crippen LogP contribution in [0.1, 0.15) is 39.2 Å². The lowest BCUT2D eigenvalue weighted by atomic mass is 9.96. The molecule has 0 spiro atoms. The van der Waals surface area contributed by atoms with Crippen molar-refractivity contribution in [3.63, 3.8) is 0 Å².